The first kappa shape index (κ1) is 23.4. The molecule has 4 aromatic rings. The second-order valence-electron chi connectivity index (χ2n) is 8.22. The van der Waals surface area contributed by atoms with E-state index in [-0.39, 0.29) is 51.3 Å². The molecule has 5 rings (SSSR count). The van der Waals surface area contributed by atoms with Gasteiger partial charge in [0.1, 0.15) is 23.3 Å². The van der Waals surface area contributed by atoms with Crippen molar-refractivity contribution in [2.45, 2.75) is 31.7 Å². The molecule has 1 radical (unpaired) electrons. The number of hydrogen-bond donors (Lipinski definition) is 0. The van der Waals surface area contributed by atoms with Crippen LogP contribution < -0.4 is 11.2 Å². The smallest absolute Gasteiger partial charge is 0.331 e. The van der Waals surface area contributed by atoms with Gasteiger partial charge in [0.15, 0.2) is 0 Å². The summed E-state index contributed by atoms with van der Waals surface area (Å²) in [6, 6.07) is 8.72. The zero-order valence-corrected chi connectivity index (χ0v) is 20.1. The molecule has 1 aliphatic heterocycles. The molecule has 0 N–H and O–H groups in total. The van der Waals surface area contributed by atoms with E-state index in [1.807, 2.05) is 0 Å². The Morgan fingerprint density at radius 2 is 1.82 bits per heavy atom. The third-order valence-electron chi connectivity index (χ3n) is 6.21. The minimum absolute atomic E-state index is 0. The maximum atomic E-state index is 15.4. The monoisotopic (exact) mass is 640 g/mol. The van der Waals surface area contributed by atoms with Crippen LogP contribution in [0.25, 0.3) is 22.2 Å². The molecule has 1 aliphatic rings. The van der Waals surface area contributed by atoms with E-state index in [1.54, 1.807) is 23.6 Å². The molecule has 0 aliphatic carbocycles. The molecular formula is C23H20AuF3N3O3. The standard InChI is InChI=1S/C23H20F3N3O3.Au/c1-12-7-8-15(32-12)17-20-19-16(21(30)28(3)22(31)27(19)2)18(13-5-4-6-14(24)11-13)29(20)10-9-23(17,25)26;/h4-8,11,17H,9-10H2,1-3H3;. The van der Waals surface area contributed by atoms with Gasteiger partial charge < -0.3 is 8.98 Å². The molecule has 0 fully saturated rings. The Kier molecular flexibility index (Phi) is 5.63. The van der Waals surface area contributed by atoms with Crippen molar-refractivity contribution in [3.63, 3.8) is 0 Å². The molecule has 1 unspecified atom stereocenters. The summed E-state index contributed by atoms with van der Waals surface area (Å²) in [5.41, 5.74) is -0.351. The van der Waals surface area contributed by atoms with Crippen molar-refractivity contribution in [1.82, 2.24) is 13.7 Å². The van der Waals surface area contributed by atoms with Crippen molar-refractivity contribution in [2.75, 3.05) is 0 Å². The predicted octanol–water partition coefficient (Wildman–Crippen LogP) is 3.91. The minimum atomic E-state index is -3.18. The Morgan fingerprint density at radius 3 is 2.45 bits per heavy atom. The fourth-order valence-corrected chi connectivity index (χ4v) is 4.76. The van der Waals surface area contributed by atoms with E-state index in [2.05, 4.69) is 0 Å². The van der Waals surface area contributed by atoms with Gasteiger partial charge in [-0.1, -0.05) is 12.1 Å². The number of nitrogens with zero attached hydrogens (tertiary/aromatic N) is 3. The molecule has 1 atom stereocenters. The van der Waals surface area contributed by atoms with Crippen LogP contribution in [-0.4, -0.2) is 19.6 Å². The second kappa shape index (κ2) is 7.93. The summed E-state index contributed by atoms with van der Waals surface area (Å²) in [4.78, 5) is 26.0. The summed E-state index contributed by atoms with van der Waals surface area (Å²) < 4.78 is 54.2. The van der Waals surface area contributed by atoms with Crippen LogP contribution in [0.5, 0.6) is 0 Å². The quantitative estimate of drug-likeness (QED) is 0.313. The van der Waals surface area contributed by atoms with Crippen molar-refractivity contribution >= 4 is 10.9 Å². The van der Waals surface area contributed by atoms with Crippen LogP contribution in [0.15, 0.2) is 50.4 Å². The summed E-state index contributed by atoms with van der Waals surface area (Å²) in [5, 5.41) is 0.0983. The number of hydrogen-bond acceptors (Lipinski definition) is 3. The Hall–Kier alpha value is -2.75. The van der Waals surface area contributed by atoms with E-state index in [1.165, 1.54) is 42.9 Å². The maximum absolute atomic E-state index is 15.4. The van der Waals surface area contributed by atoms with Gasteiger partial charge >= 0.3 is 5.69 Å². The molecular weight excluding hydrogens is 620 g/mol. The first-order valence-corrected chi connectivity index (χ1v) is 10.1. The van der Waals surface area contributed by atoms with Gasteiger partial charge in [-0.15, -0.1) is 0 Å². The fourth-order valence-electron chi connectivity index (χ4n) is 4.76. The van der Waals surface area contributed by atoms with Gasteiger partial charge in [0, 0.05) is 55.0 Å². The average molecular weight is 640 g/mol. The summed E-state index contributed by atoms with van der Waals surface area (Å²) in [6.45, 7) is 1.56. The average Bonchev–Trinajstić information content (AvgIpc) is 3.31. The van der Waals surface area contributed by atoms with Crippen LogP contribution in [0, 0.1) is 12.7 Å². The Balaban J connectivity index is 0.00000259. The normalized spacial score (nSPS) is 17.1. The zero-order valence-electron chi connectivity index (χ0n) is 18.0. The largest absolute Gasteiger partial charge is 0.465 e. The predicted molar refractivity (Wildman–Crippen MR) is 113 cm³/mol. The molecule has 0 spiro atoms. The van der Waals surface area contributed by atoms with Crippen LogP contribution in [0.3, 0.4) is 0 Å². The van der Waals surface area contributed by atoms with E-state index in [4.69, 9.17) is 4.42 Å². The van der Waals surface area contributed by atoms with Gasteiger partial charge in [0.05, 0.1) is 22.3 Å². The second-order valence-corrected chi connectivity index (χ2v) is 8.22. The summed E-state index contributed by atoms with van der Waals surface area (Å²) in [5.74, 6) is -4.69. The van der Waals surface area contributed by atoms with Gasteiger partial charge in [-0.3, -0.25) is 13.9 Å². The number of aryl methyl sites for hydroxylation is 2. The summed E-state index contributed by atoms with van der Waals surface area (Å²) >= 11 is 0. The van der Waals surface area contributed by atoms with Crippen LogP contribution >= 0.6 is 0 Å². The van der Waals surface area contributed by atoms with Crippen molar-refractivity contribution in [1.29, 1.82) is 0 Å². The zero-order chi connectivity index (χ0) is 22.9. The Labute approximate surface area is 201 Å². The third-order valence-corrected chi connectivity index (χ3v) is 6.21. The topological polar surface area (TPSA) is 62.1 Å². The van der Waals surface area contributed by atoms with Gasteiger partial charge in [-0.2, -0.15) is 0 Å². The van der Waals surface area contributed by atoms with E-state index < -0.39 is 35.3 Å². The molecule has 0 saturated carbocycles. The molecule has 33 heavy (non-hydrogen) atoms. The van der Waals surface area contributed by atoms with Crippen molar-refractivity contribution in [3.05, 3.63) is 80.3 Å². The number of fused-ring (bicyclic) bond motifs is 3. The minimum Gasteiger partial charge on any atom is -0.465 e. The van der Waals surface area contributed by atoms with Crippen molar-refractivity contribution in [3.8, 4) is 11.3 Å². The first-order chi connectivity index (χ1) is 15.1. The molecule has 1 aromatic carbocycles. The third kappa shape index (κ3) is 3.37. The van der Waals surface area contributed by atoms with E-state index >= 15 is 8.78 Å². The number of benzene rings is 1. The molecule has 0 amide bonds. The number of alkyl halides is 2. The van der Waals surface area contributed by atoms with Crippen molar-refractivity contribution in [2.24, 2.45) is 14.1 Å². The Bertz CT molecular complexity index is 1510. The molecule has 177 valence electrons. The van der Waals surface area contributed by atoms with Gasteiger partial charge in [-0.25, -0.2) is 18.0 Å². The fraction of sp³-hybridized carbons (Fsp3) is 0.304. The molecule has 10 heteroatoms. The molecule has 0 bridgehead atoms. The Morgan fingerprint density at radius 1 is 1.09 bits per heavy atom. The molecule has 6 nitrogen and oxygen atoms in total. The van der Waals surface area contributed by atoms with E-state index in [9.17, 15) is 14.0 Å². The van der Waals surface area contributed by atoms with Crippen LogP contribution in [-0.2, 0) is 43.0 Å². The number of aromatic nitrogens is 3. The summed E-state index contributed by atoms with van der Waals surface area (Å²) in [7, 11) is 2.77. The number of halogens is 3. The first-order valence-electron chi connectivity index (χ1n) is 10.1. The van der Waals surface area contributed by atoms with Crippen LogP contribution in [0.4, 0.5) is 13.2 Å². The van der Waals surface area contributed by atoms with E-state index in [0.717, 1.165) is 4.57 Å². The van der Waals surface area contributed by atoms with Gasteiger partial charge in [0.2, 0.25) is 0 Å². The van der Waals surface area contributed by atoms with Crippen LogP contribution in [0.2, 0.25) is 0 Å². The van der Waals surface area contributed by atoms with Gasteiger partial charge in [0.25, 0.3) is 11.5 Å². The molecule has 0 saturated heterocycles. The number of furan rings is 1. The maximum Gasteiger partial charge on any atom is 0.331 e. The molecule has 4 heterocycles. The van der Waals surface area contributed by atoms with Crippen molar-refractivity contribution < 1.29 is 40.0 Å². The van der Waals surface area contributed by atoms with Gasteiger partial charge in [-0.05, 0) is 31.2 Å². The van der Waals surface area contributed by atoms with Crippen LogP contribution in [0.1, 0.15) is 29.6 Å². The summed E-state index contributed by atoms with van der Waals surface area (Å²) in [6.07, 6.45) is -0.498. The molecule has 3 aromatic heterocycles. The SMILES string of the molecule is Cc1ccc(C2c3c4c(c(-c5cccc(F)c5)n3CCC2(F)F)c(=O)n(C)c(=O)n4C)o1.[Au]. The number of rotatable bonds is 2. The van der Waals surface area contributed by atoms with E-state index in [0.29, 0.717) is 17.0 Å².